The maximum atomic E-state index is 12.6. The van der Waals surface area contributed by atoms with Crippen LogP contribution in [0.4, 0.5) is 26.3 Å². The average Bonchev–Trinajstić information content (AvgIpc) is 2.25. The molecule has 0 radical (unpaired) electrons. The van der Waals surface area contributed by atoms with Gasteiger partial charge in [0.05, 0.1) is 11.1 Å². The van der Waals surface area contributed by atoms with Crippen molar-refractivity contribution >= 4 is 10.0 Å². The van der Waals surface area contributed by atoms with Crippen LogP contribution in [0.3, 0.4) is 0 Å². The molecule has 0 aliphatic carbocycles. The van der Waals surface area contributed by atoms with Crippen LogP contribution >= 0.6 is 0 Å². The molecule has 0 atom stereocenters. The molecule has 0 fully saturated rings. The van der Waals surface area contributed by atoms with Crippen molar-refractivity contribution < 1.29 is 34.8 Å². The van der Waals surface area contributed by atoms with Gasteiger partial charge in [-0.25, -0.2) is 8.42 Å². The second-order valence-corrected chi connectivity index (χ2v) is 4.95. The number of alkyl halides is 6. The van der Waals surface area contributed by atoms with Crippen LogP contribution in [-0.4, -0.2) is 8.42 Å². The van der Waals surface area contributed by atoms with E-state index in [9.17, 15) is 34.8 Å². The number of benzene rings is 1. The van der Waals surface area contributed by atoms with Crippen molar-refractivity contribution in [2.24, 2.45) is 5.84 Å². The van der Waals surface area contributed by atoms with Gasteiger partial charge in [0.2, 0.25) is 0 Å². The number of halogens is 6. The second-order valence-electron chi connectivity index (χ2n) is 3.30. The molecular weight excluding hydrogens is 302 g/mol. The molecule has 0 aliphatic rings. The molecule has 108 valence electrons. The van der Waals surface area contributed by atoms with Crippen LogP contribution in [0.5, 0.6) is 0 Å². The van der Waals surface area contributed by atoms with Gasteiger partial charge in [-0.3, -0.25) is 5.84 Å². The summed E-state index contributed by atoms with van der Waals surface area (Å²) in [6.45, 7) is 0. The third kappa shape index (κ3) is 3.16. The third-order valence-electron chi connectivity index (χ3n) is 2.05. The molecule has 1 aromatic carbocycles. The predicted octanol–water partition coefficient (Wildman–Crippen LogP) is 1.88. The molecule has 4 nitrogen and oxygen atoms in total. The Hall–Kier alpha value is -1.33. The van der Waals surface area contributed by atoms with Gasteiger partial charge in [-0.1, -0.05) is 6.07 Å². The van der Waals surface area contributed by atoms with Gasteiger partial charge in [-0.15, -0.1) is 0 Å². The summed E-state index contributed by atoms with van der Waals surface area (Å²) in [5.41, 5.74) is -3.89. The summed E-state index contributed by atoms with van der Waals surface area (Å²) in [7, 11) is -5.14. The number of hydrogen-bond acceptors (Lipinski definition) is 3. The van der Waals surface area contributed by atoms with Gasteiger partial charge in [0.25, 0.3) is 10.0 Å². The predicted molar refractivity (Wildman–Crippen MR) is 51.0 cm³/mol. The van der Waals surface area contributed by atoms with E-state index in [1.54, 1.807) is 0 Å². The fourth-order valence-electron chi connectivity index (χ4n) is 1.33. The van der Waals surface area contributed by atoms with Crippen LogP contribution in [0.2, 0.25) is 0 Å². The molecule has 0 bridgehead atoms. The Morgan fingerprint density at radius 2 is 1.32 bits per heavy atom. The molecule has 0 unspecified atom stereocenters. The Morgan fingerprint density at radius 1 is 0.947 bits per heavy atom. The molecule has 0 amide bonds. The topological polar surface area (TPSA) is 72.2 Å². The SMILES string of the molecule is NNS(=O)(=O)c1c(C(F)(F)F)cccc1C(F)(F)F. The summed E-state index contributed by atoms with van der Waals surface area (Å²) in [5.74, 6) is 4.49. The van der Waals surface area contributed by atoms with Crippen molar-refractivity contribution in [2.45, 2.75) is 17.2 Å². The second kappa shape index (κ2) is 4.65. The maximum absolute atomic E-state index is 12.6. The van der Waals surface area contributed by atoms with E-state index in [0.29, 0.717) is 6.07 Å². The van der Waals surface area contributed by atoms with E-state index in [2.05, 4.69) is 5.84 Å². The molecule has 0 aromatic heterocycles. The van der Waals surface area contributed by atoms with Crippen LogP contribution in [0, 0.1) is 0 Å². The number of nitrogens with one attached hydrogen (secondary N) is 1. The highest BCUT2D eigenvalue weighted by molar-refractivity contribution is 7.89. The van der Waals surface area contributed by atoms with Gasteiger partial charge in [-0.05, 0) is 12.1 Å². The van der Waals surface area contributed by atoms with Crippen LogP contribution in [0.1, 0.15) is 11.1 Å². The lowest BCUT2D eigenvalue weighted by atomic mass is 10.1. The Labute approximate surface area is 103 Å². The summed E-state index contributed by atoms with van der Waals surface area (Å²) >= 11 is 0. The van der Waals surface area contributed by atoms with E-state index in [0.717, 1.165) is 4.83 Å². The van der Waals surface area contributed by atoms with Gasteiger partial charge in [0.1, 0.15) is 4.90 Å². The van der Waals surface area contributed by atoms with E-state index < -0.39 is 38.4 Å². The Bertz CT molecular complexity index is 546. The Balaban J connectivity index is 3.81. The number of rotatable bonds is 2. The first kappa shape index (κ1) is 15.7. The quantitative estimate of drug-likeness (QED) is 0.498. The zero-order valence-corrected chi connectivity index (χ0v) is 9.62. The van der Waals surface area contributed by atoms with Crippen LogP contribution in [0.15, 0.2) is 23.1 Å². The zero-order chi connectivity index (χ0) is 15.1. The average molecular weight is 308 g/mol. The minimum absolute atomic E-state index is 0.222. The number of hydrogen-bond donors (Lipinski definition) is 2. The fourth-order valence-corrected chi connectivity index (χ4v) is 2.40. The highest BCUT2D eigenvalue weighted by Crippen LogP contribution is 2.41. The van der Waals surface area contributed by atoms with Crippen LogP contribution < -0.4 is 10.7 Å². The molecule has 0 saturated carbocycles. The molecule has 19 heavy (non-hydrogen) atoms. The minimum Gasteiger partial charge on any atom is -0.257 e. The maximum Gasteiger partial charge on any atom is 0.417 e. The van der Waals surface area contributed by atoms with Crippen molar-refractivity contribution in [2.75, 3.05) is 0 Å². The number of sulfonamides is 1. The highest BCUT2D eigenvalue weighted by Gasteiger charge is 2.44. The standard InChI is InChI=1S/C8H6F6N2O2S/c9-7(10,11)4-2-1-3-5(8(12,13)14)6(4)19(17,18)16-15/h1-3,16H,15H2. The minimum atomic E-state index is -5.28. The molecule has 0 heterocycles. The van der Waals surface area contributed by atoms with Gasteiger partial charge in [0.15, 0.2) is 0 Å². The van der Waals surface area contributed by atoms with Crippen molar-refractivity contribution in [1.29, 1.82) is 0 Å². The molecule has 3 N–H and O–H groups in total. The summed E-state index contributed by atoms with van der Waals surface area (Å²) in [6, 6.07) is 0.903. The van der Waals surface area contributed by atoms with Gasteiger partial charge in [-0.2, -0.15) is 31.2 Å². The summed E-state index contributed by atoms with van der Waals surface area (Å²) < 4.78 is 98.1. The Kier molecular flexibility index (Phi) is 3.85. The van der Waals surface area contributed by atoms with Gasteiger partial charge < -0.3 is 0 Å². The monoisotopic (exact) mass is 308 g/mol. The molecular formula is C8H6F6N2O2S. The third-order valence-corrected chi connectivity index (χ3v) is 3.34. The van der Waals surface area contributed by atoms with E-state index >= 15 is 0 Å². The summed E-state index contributed by atoms with van der Waals surface area (Å²) in [5, 5.41) is 0. The first-order valence-electron chi connectivity index (χ1n) is 4.41. The van der Waals surface area contributed by atoms with Gasteiger partial charge in [0, 0.05) is 0 Å². The molecule has 0 spiro atoms. The largest absolute Gasteiger partial charge is 0.417 e. The Morgan fingerprint density at radius 3 is 1.58 bits per heavy atom. The normalized spacial score (nSPS) is 13.6. The van der Waals surface area contributed by atoms with Crippen molar-refractivity contribution in [3.05, 3.63) is 29.3 Å². The van der Waals surface area contributed by atoms with Crippen molar-refractivity contribution in [1.82, 2.24) is 4.83 Å². The number of hydrazine groups is 1. The van der Waals surface area contributed by atoms with E-state index in [4.69, 9.17) is 0 Å². The lowest BCUT2D eigenvalue weighted by molar-refractivity contribution is -0.147. The zero-order valence-electron chi connectivity index (χ0n) is 8.80. The first-order chi connectivity index (χ1) is 8.41. The van der Waals surface area contributed by atoms with Crippen LogP contribution in [-0.2, 0) is 22.4 Å². The molecule has 11 heteroatoms. The molecule has 1 aromatic rings. The van der Waals surface area contributed by atoms with E-state index in [1.807, 2.05) is 0 Å². The van der Waals surface area contributed by atoms with Crippen LogP contribution in [0.25, 0.3) is 0 Å². The van der Waals surface area contributed by atoms with Crippen molar-refractivity contribution in [3.8, 4) is 0 Å². The molecule has 0 saturated heterocycles. The first-order valence-corrected chi connectivity index (χ1v) is 5.89. The van der Waals surface area contributed by atoms with Gasteiger partial charge >= 0.3 is 12.4 Å². The lowest BCUT2D eigenvalue weighted by Gasteiger charge is -2.17. The number of nitrogens with two attached hydrogens (primary N) is 1. The molecule has 1 rings (SSSR count). The van der Waals surface area contributed by atoms with E-state index in [1.165, 1.54) is 0 Å². The van der Waals surface area contributed by atoms with E-state index in [-0.39, 0.29) is 12.1 Å². The smallest absolute Gasteiger partial charge is 0.257 e. The lowest BCUT2D eigenvalue weighted by Crippen LogP contribution is -2.33. The highest BCUT2D eigenvalue weighted by atomic mass is 32.2. The summed E-state index contributed by atoms with van der Waals surface area (Å²) in [4.78, 5) is -0.992. The summed E-state index contributed by atoms with van der Waals surface area (Å²) in [6.07, 6.45) is -10.6. The van der Waals surface area contributed by atoms with Crippen molar-refractivity contribution in [3.63, 3.8) is 0 Å². The fraction of sp³-hybridized carbons (Fsp3) is 0.250. The molecule has 0 aliphatic heterocycles.